The van der Waals surface area contributed by atoms with Crippen molar-refractivity contribution in [3.63, 3.8) is 0 Å². The summed E-state index contributed by atoms with van der Waals surface area (Å²) in [5.41, 5.74) is 2.65. The van der Waals surface area contributed by atoms with Crippen LogP contribution in [0.4, 0.5) is 5.69 Å². The molecule has 0 unspecified atom stereocenters. The number of carboxylic acid groups (broad SMARTS) is 1. The van der Waals surface area contributed by atoms with Crippen LogP contribution in [0.1, 0.15) is 31.2 Å². The number of nitrogens with zero attached hydrogens (tertiary/aromatic N) is 1. The first-order valence-corrected chi connectivity index (χ1v) is 6.85. The number of ether oxygens (including phenoxy) is 1. The summed E-state index contributed by atoms with van der Waals surface area (Å²) >= 11 is 0. The lowest BCUT2D eigenvalue weighted by molar-refractivity contribution is -0.137. The Morgan fingerprint density at radius 3 is 3.05 bits per heavy atom. The van der Waals surface area contributed by atoms with E-state index in [9.17, 15) is 4.79 Å². The highest BCUT2D eigenvalue weighted by Gasteiger charge is 2.16. The molecule has 0 radical (unpaired) electrons. The first-order valence-electron chi connectivity index (χ1n) is 6.85. The molecule has 108 valence electrons. The fraction of sp³-hybridized carbons (Fsp3) is 0.467. The van der Waals surface area contributed by atoms with Gasteiger partial charge in [-0.15, -0.1) is 0 Å². The van der Waals surface area contributed by atoms with Crippen molar-refractivity contribution < 1.29 is 14.6 Å². The number of nitrogens with one attached hydrogen (secondary N) is 1. The summed E-state index contributed by atoms with van der Waals surface area (Å²) in [5.74, 6) is -0.0700. The van der Waals surface area contributed by atoms with Gasteiger partial charge in [0.15, 0.2) is 0 Å². The second kappa shape index (κ2) is 6.41. The highest BCUT2D eigenvalue weighted by molar-refractivity contribution is 6.03. The molecule has 1 aromatic carbocycles. The van der Waals surface area contributed by atoms with Crippen LogP contribution in [-0.2, 0) is 4.79 Å². The third-order valence-corrected chi connectivity index (χ3v) is 3.43. The molecule has 5 nitrogen and oxygen atoms in total. The third-order valence-electron chi connectivity index (χ3n) is 3.43. The Morgan fingerprint density at radius 1 is 1.50 bits per heavy atom. The smallest absolute Gasteiger partial charge is 0.303 e. The predicted molar refractivity (Wildman–Crippen MR) is 78.1 cm³/mol. The van der Waals surface area contributed by atoms with E-state index >= 15 is 0 Å². The Morgan fingerprint density at radius 2 is 2.30 bits per heavy atom. The minimum Gasteiger partial charge on any atom is -0.494 e. The lowest BCUT2D eigenvalue weighted by atomic mass is 10.1. The zero-order valence-electron chi connectivity index (χ0n) is 11.7. The van der Waals surface area contributed by atoms with Gasteiger partial charge < -0.3 is 20.2 Å². The van der Waals surface area contributed by atoms with Gasteiger partial charge in [0.25, 0.3) is 0 Å². The summed E-state index contributed by atoms with van der Waals surface area (Å²) in [6.45, 7) is 1.32. The van der Waals surface area contributed by atoms with Gasteiger partial charge in [0.2, 0.25) is 0 Å². The lowest BCUT2D eigenvalue weighted by Crippen LogP contribution is -2.17. The minimum atomic E-state index is -0.802. The fourth-order valence-electron chi connectivity index (χ4n) is 2.33. The highest BCUT2D eigenvalue weighted by atomic mass is 16.5. The normalized spacial score (nSPS) is 14.7. The van der Waals surface area contributed by atoms with Gasteiger partial charge in [0.1, 0.15) is 5.75 Å². The standard InChI is InChI=1S/C15H20N2O3/c1-17-8-2-4-13(16)12-7-6-11(10-14(12)17)20-9-3-5-15(18)19/h6-7,10,16H,2-5,8-9H2,1H3,(H,18,19). The number of aliphatic carboxylic acids is 1. The molecule has 0 saturated heterocycles. The maximum absolute atomic E-state index is 10.4. The number of hydrogen-bond acceptors (Lipinski definition) is 4. The molecule has 0 aliphatic carbocycles. The number of carboxylic acids is 1. The number of carbonyl (C=O) groups is 1. The molecule has 1 aliphatic heterocycles. The molecule has 0 fully saturated rings. The van der Waals surface area contributed by atoms with Crippen molar-refractivity contribution in [1.29, 1.82) is 5.41 Å². The molecule has 0 saturated carbocycles. The van der Waals surface area contributed by atoms with Crippen molar-refractivity contribution in [3.8, 4) is 5.75 Å². The Balaban J connectivity index is 2.06. The number of rotatable bonds is 5. The van der Waals surface area contributed by atoms with E-state index in [-0.39, 0.29) is 6.42 Å². The molecule has 5 heteroatoms. The molecular formula is C15H20N2O3. The summed E-state index contributed by atoms with van der Waals surface area (Å²) in [6, 6.07) is 5.72. The van der Waals surface area contributed by atoms with Crippen LogP contribution in [0.3, 0.4) is 0 Å². The second-order valence-corrected chi connectivity index (χ2v) is 5.03. The molecule has 2 rings (SSSR count). The molecule has 0 amide bonds. The molecule has 2 N–H and O–H groups in total. The Labute approximate surface area is 118 Å². The van der Waals surface area contributed by atoms with Gasteiger partial charge >= 0.3 is 5.97 Å². The van der Waals surface area contributed by atoms with Crippen molar-refractivity contribution in [1.82, 2.24) is 0 Å². The van der Waals surface area contributed by atoms with Crippen LogP contribution < -0.4 is 9.64 Å². The largest absolute Gasteiger partial charge is 0.494 e. The Hall–Kier alpha value is -2.04. The average Bonchev–Trinajstić information content (AvgIpc) is 2.55. The van der Waals surface area contributed by atoms with Gasteiger partial charge in [-0.05, 0) is 31.4 Å². The molecule has 1 aromatic rings. The summed E-state index contributed by atoms with van der Waals surface area (Å²) < 4.78 is 5.59. The topological polar surface area (TPSA) is 73.6 Å². The van der Waals surface area contributed by atoms with E-state index in [0.29, 0.717) is 18.7 Å². The van der Waals surface area contributed by atoms with Crippen LogP contribution in [0, 0.1) is 5.41 Å². The van der Waals surface area contributed by atoms with E-state index in [2.05, 4.69) is 4.90 Å². The highest BCUT2D eigenvalue weighted by Crippen LogP contribution is 2.29. The fourth-order valence-corrected chi connectivity index (χ4v) is 2.33. The van der Waals surface area contributed by atoms with Crippen molar-refractivity contribution in [2.75, 3.05) is 25.1 Å². The first kappa shape index (κ1) is 14.4. The van der Waals surface area contributed by atoms with Crippen molar-refractivity contribution in [2.24, 2.45) is 0 Å². The number of hydrogen-bond donors (Lipinski definition) is 2. The maximum Gasteiger partial charge on any atom is 0.303 e. The van der Waals surface area contributed by atoms with Crippen LogP contribution in [0.25, 0.3) is 0 Å². The molecular weight excluding hydrogens is 256 g/mol. The maximum atomic E-state index is 10.4. The molecule has 0 atom stereocenters. The van der Waals surface area contributed by atoms with Crippen molar-refractivity contribution >= 4 is 17.4 Å². The Bertz CT molecular complexity index is 514. The van der Waals surface area contributed by atoms with E-state index < -0.39 is 5.97 Å². The third kappa shape index (κ3) is 3.50. The zero-order chi connectivity index (χ0) is 14.5. The van der Waals surface area contributed by atoms with Crippen LogP contribution in [-0.4, -0.2) is 37.0 Å². The monoisotopic (exact) mass is 276 g/mol. The van der Waals surface area contributed by atoms with Gasteiger partial charge in [0, 0.05) is 43.0 Å². The van der Waals surface area contributed by atoms with Crippen LogP contribution >= 0.6 is 0 Å². The van der Waals surface area contributed by atoms with Crippen molar-refractivity contribution in [3.05, 3.63) is 23.8 Å². The van der Waals surface area contributed by atoms with E-state index in [1.54, 1.807) is 0 Å². The number of anilines is 1. The quantitative estimate of drug-likeness (QED) is 0.810. The minimum absolute atomic E-state index is 0.121. The average molecular weight is 276 g/mol. The van der Waals surface area contributed by atoms with Gasteiger partial charge in [0.05, 0.1) is 6.61 Å². The summed E-state index contributed by atoms with van der Waals surface area (Å²) in [4.78, 5) is 12.6. The van der Waals surface area contributed by atoms with Gasteiger partial charge in [-0.25, -0.2) is 0 Å². The molecule has 1 aliphatic rings. The molecule has 0 bridgehead atoms. The van der Waals surface area contributed by atoms with Gasteiger partial charge in [-0.1, -0.05) is 0 Å². The number of fused-ring (bicyclic) bond motifs is 1. The molecule has 20 heavy (non-hydrogen) atoms. The molecule has 1 heterocycles. The summed E-state index contributed by atoms with van der Waals surface area (Å²) in [6.07, 6.45) is 2.41. The molecule has 0 aromatic heterocycles. The first-order chi connectivity index (χ1) is 9.58. The van der Waals surface area contributed by atoms with E-state index in [0.717, 1.165) is 36.4 Å². The van der Waals surface area contributed by atoms with Crippen molar-refractivity contribution in [2.45, 2.75) is 25.7 Å². The lowest BCUT2D eigenvalue weighted by Gasteiger charge is -2.20. The number of benzene rings is 1. The zero-order valence-corrected chi connectivity index (χ0v) is 11.7. The Kier molecular flexibility index (Phi) is 4.61. The van der Waals surface area contributed by atoms with Crippen LogP contribution in [0.15, 0.2) is 18.2 Å². The molecule has 0 spiro atoms. The van der Waals surface area contributed by atoms with E-state index in [4.69, 9.17) is 15.3 Å². The van der Waals surface area contributed by atoms with E-state index in [1.807, 2.05) is 25.2 Å². The SMILES string of the molecule is CN1CCCC(=N)c2ccc(OCCCC(=O)O)cc21. The summed E-state index contributed by atoms with van der Waals surface area (Å²) in [5, 5.41) is 16.6. The van der Waals surface area contributed by atoms with Gasteiger partial charge in [-0.2, -0.15) is 0 Å². The van der Waals surface area contributed by atoms with E-state index in [1.165, 1.54) is 0 Å². The second-order valence-electron chi connectivity index (χ2n) is 5.03. The summed E-state index contributed by atoms with van der Waals surface area (Å²) in [7, 11) is 2.02. The van der Waals surface area contributed by atoms with Crippen LogP contribution in [0.2, 0.25) is 0 Å². The van der Waals surface area contributed by atoms with Gasteiger partial charge in [-0.3, -0.25) is 4.79 Å². The van der Waals surface area contributed by atoms with Crippen LogP contribution in [0.5, 0.6) is 5.75 Å². The predicted octanol–water partition coefficient (Wildman–Crippen LogP) is 2.53.